The predicted octanol–water partition coefficient (Wildman–Crippen LogP) is 5.10. The summed E-state index contributed by atoms with van der Waals surface area (Å²) in [5.74, 6) is -0.215. The summed E-state index contributed by atoms with van der Waals surface area (Å²) in [6.45, 7) is 1.23. The van der Waals surface area contributed by atoms with Crippen molar-refractivity contribution in [3.8, 4) is 28.3 Å². The van der Waals surface area contributed by atoms with E-state index in [0.717, 1.165) is 16.7 Å². The van der Waals surface area contributed by atoms with Gasteiger partial charge in [-0.25, -0.2) is 0 Å². The van der Waals surface area contributed by atoms with Crippen LogP contribution in [0.15, 0.2) is 85.1 Å². The van der Waals surface area contributed by atoms with Crippen LogP contribution in [0.1, 0.15) is 5.56 Å². The van der Waals surface area contributed by atoms with Crippen LogP contribution < -0.4 is 4.74 Å². The van der Waals surface area contributed by atoms with E-state index in [1.807, 2.05) is 18.2 Å². The lowest BCUT2D eigenvalue weighted by atomic mass is 9.98. The van der Waals surface area contributed by atoms with Crippen LogP contribution in [0.3, 0.4) is 0 Å². The van der Waals surface area contributed by atoms with Crippen LogP contribution >= 0.6 is 0 Å². The van der Waals surface area contributed by atoms with Crippen LogP contribution in [0, 0.1) is 10.1 Å². The summed E-state index contributed by atoms with van der Waals surface area (Å²) in [7, 11) is 0. The highest BCUT2D eigenvalue weighted by molar-refractivity contribution is 5.73. The molecule has 1 atom stereocenters. The van der Waals surface area contributed by atoms with Crippen molar-refractivity contribution in [2.45, 2.75) is 19.3 Å². The Morgan fingerprint density at radius 1 is 0.969 bits per heavy atom. The normalized spacial score (nSPS) is 15.1. The molecule has 0 saturated heterocycles. The molecule has 7 nitrogen and oxygen atoms in total. The van der Waals surface area contributed by atoms with E-state index in [1.165, 1.54) is 17.3 Å². The van der Waals surface area contributed by atoms with Gasteiger partial charge in [-0.2, -0.15) is 0 Å². The predicted molar refractivity (Wildman–Crippen MR) is 120 cm³/mol. The highest BCUT2D eigenvalue weighted by atomic mass is 16.6. The molecule has 1 aromatic heterocycles. The average molecular weight is 427 g/mol. The number of imidazole rings is 1. The van der Waals surface area contributed by atoms with Gasteiger partial charge in [-0.3, -0.25) is 4.57 Å². The van der Waals surface area contributed by atoms with E-state index in [9.17, 15) is 10.1 Å². The van der Waals surface area contributed by atoms with Gasteiger partial charge >= 0.3 is 11.8 Å². The van der Waals surface area contributed by atoms with Crippen molar-refractivity contribution in [3.63, 3.8) is 0 Å². The van der Waals surface area contributed by atoms with Crippen LogP contribution in [-0.4, -0.2) is 27.2 Å². The van der Waals surface area contributed by atoms with Gasteiger partial charge in [-0.1, -0.05) is 72.8 Å². The van der Waals surface area contributed by atoms with E-state index in [4.69, 9.17) is 9.47 Å². The molecule has 0 aliphatic carbocycles. The summed E-state index contributed by atoms with van der Waals surface area (Å²) < 4.78 is 13.1. The van der Waals surface area contributed by atoms with E-state index in [2.05, 4.69) is 65.6 Å². The van der Waals surface area contributed by atoms with Crippen molar-refractivity contribution >= 4 is 5.82 Å². The first-order valence-corrected chi connectivity index (χ1v) is 10.4. The largest absolute Gasteiger partial charge is 0.443 e. The number of ether oxygens (including phenoxy) is 2. The molecule has 0 fully saturated rings. The van der Waals surface area contributed by atoms with Gasteiger partial charge in [0.25, 0.3) is 0 Å². The molecule has 3 aromatic carbocycles. The van der Waals surface area contributed by atoms with E-state index >= 15 is 0 Å². The van der Waals surface area contributed by atoms with Gasteiger partial charge in [-0.05, 0) is 38.8 Å². The van der Waals surface area contributed by atoms with Gasteiger partial charge in [0.2, 0.25) is 0 Å². The number of nitro groups is 1. The monoisotopic (exact) mass is 427 g/mol. The third-order valence-electron chi connectivity index (χ3n) is 5.46. The van der Waals surface area contributed by atoms with Crippen LogP contribution in [0.4, 0.5) is 5.82 Å². The second kappa shape index (κ2) is 8.64. The Balaban J connectivity index is 1.23. The Morgan fingerprint density at radius 2 is 1.66 bits per heavy atom. The minimum atomic E-state index is -0.526. The fourth-order valence-electron chi connectivity index (χ4n) is 3.78. The molecule has 4 aromatic rings. The van der Waals surface area contributed by atoms with Crippen LogP contribution in [0.5, 0.6) is 6.01 Å². The number of benzene rings is 3. The summed E-state index contributed by atoms with van der Waals surface area (Å²) in [6, 6.07) is 27.4. The Hall–Kier alpha value is -3.97. The van der Waals surface area contributed by atoms with Crippen molar-refractivity contribution in [3.05, 3.63) is 101 Å². The zero-order valence-corrected chi connectivity index (χ0v) is 17.3. The van der Waals surface area contributed by atoms with Crippen molar-refractivity contribution in [1.29, 1.82) is 0 Å². The molecule has 32 heavy (non-hydrogen) atoms. The van der Waals surface area contributed by atoms with Crippen molar-refractivity contribution < 1.29 is 14.4 Å². The maximum absolute atomic E-state index is 10.9. The van der Waals surface area contributed by atoms with Crippen molar-refractivity contribution in [2.75, 3.05) is 6.61 Å². The van der Waals surface area contributed by atoms with Gasteiger partial charge in [0.15, 0.2) is 0 Å². The number of rotatable bonds is 6. The second-order valence-corrected chi connectivity index (χ2v) is 7.68. The lowest BCUT2D eigenvalue weighted by molar-refractivity contribution is -0.389. The van der Waals surface area contributed by atoms with Gasteiger partial charge < -0.3 is 19.6 Å². The molecule has 0 N–H and O–H groups in total. The third kappa shape index (κ3) is 4.24. The van der Waals surface area contributed by atoms with Crippen LogP contribution in [0.2, 0.25) is 0 Å². The Bertz CT molecular complexity index is 1240. The Kier molecular flexibility index (Phi) is 5.39. The van der Waals surface area contributed by atoms with E-state index in [0.29, 0.717) is 19.8 Å². The second-order valence-electron chi connectivity index (χ2n) is 7.68. The first-order valence-electron chi connectivity index (χ1n) is 10.4. The molecule has 7 heteroatoms. The smallest absolute Gasteiger partial charge is 0.414 e. The maximum Gasteiger partial charge on any atom is 0.414 e. The number of hydrogen-bond acceptors (Lipinski definition) is 5. The fraction of sp³-hybridized carbons (Fsp3) is 0.160. The first kappa shape index (κ1) is 20.0. The number of hydrogen-bond donors (Lipinski definition) is 0. The minimum absolute atomic E-state index is 0.196. The Morgan fingerprint density at radius 3 is 2.38 bits per heavy atom. The van der Waals surface area contributed by atoms with E-state index in [1.54, 1.807) is 4.57 Å². The topological polar surface area (TPSA) is 79.4 Å². The summed E-state index contributed by atoms with van der Waals surface area (Å²) in [5, 5.41) is 10.9. The zero-order chi connectivity index (χ0) is 21.9. The molecule has 0 spiro atoms. The highest BCUT2D eigenvalue weighted by Gasteiger charge is 2.28. The van der Waals surface area contributed by atoms with Crippen molar-refractivity contribution in [1.82, 2.24) is 9.55 Å². The van der Waals surface area contributed by atoms with Crippen molar-refractivity contribution in [2.24, 2.45) is 0 Å². The third-order valence-corrected chi connectivity index (χ3v) is 5.46. The molecule has 0 bridgehead atoms. The van der Waals surface area contributed by atoms with Crippen LogP contribution in [-0.2, 0) is 17.9 Å². The minimum Gasteiger partial charge on any atom is -0.443 e. The average Bonchev–Trinajstić information content (AvgIpc) is 3.28. The molecule has 2 heterocycles. The molecule has 0 radical (unpaired) electrons. The maximum atomic E-state index is 10.9. The standard InChI is InChI=1S/C25H21N3O4/c29-28(30)24-15-27-14-23(17-32-25(27)26-24)31-16-18-9-11-20(12-10-18)22-8-4-7-21(13-22)19-5-2-1-3-6-19/h1-13,15,23H,14,16-17H2/t23-/m0/s1. The Labute approximate surface area is 185 Å². The molecule has 0 amide bonds. The molecule has 1 aliphatic rings. The molecule has 5 rings (SSSR count). The fourth-order valence-corrected chi connectivity index (χ4v) is 3.78. The lowest BCUT2D eigenvalue weighted by Gasteiger charge is -2.22. The van der Waals surface area contributed by atoms with E-state index < -0.39 is 4.92 Å². The molecule has 0 unspecified atom stereocenters. The van der Waals surface area contributed by atoms with Gasteiger partial charge in [0.1, 0.15) is 18.9 Å². The molecule has 0 saturated carbocycles. The zero-order valence-electron chi connectivity index (χ0n) is 17.3. The molecule has 1 aliphatic heterocycles. The highest BCUT2D eigenvalue weighted by Crippen LogP contribution is 2.27. The lowest BCUT2D eigenvalue weighted by Crippen LogP contribution is -2.32. The van der Waals surface area contributed by atoms with Gasteiger partial charge in [0, 0.05) is 4.98 Å². The summed E-state index contributed by atoms with van der Waals surface area (Å²) >= 11 is 0. The SMILES string of the molecule is O=[N+]([O-])c1cn2c(n1)OC[C@@H](OCc1ccc(-c3cccc(-c4ccccc4)c3)cc1)C2. The number of fused-ring (bicyclic) bond motifs is 1. The quantitative estimate of drug-likeness (QED) is 0.316. The van der Waals surface area contributed by atoms with Gasteiger partial charge in [0.05, 0.1) is 13.2 Å². The van der Waals surface area contributed by atoms with Crippen LogP contribution in [0.25, 0.3) is 22.3 Å². The molecule has 160 valence electrons. The summed E-state index contributed by atoms with van der Waals surface area (Å²) in [5.41, 5.74) is 5.74. The number of nitrogens with zero attached hydrogens (tertiary/aromatic N) is 3. The van der Waals surface area contributed by atoms with Gasteiger partial charge in [-0.15, -0.1) is 0 Å². The number of aromatic nitrogens is 2. The summed E-state index contributed by atoms with van der Waals surface area (Å²) in [6.07, 6.45) is 1.18. The summed E-state index contributed by atoms with van der Waals surface area (Å²) in [4.78, 5) is 14.2. The first-order chi connectivity index (χ1) is 15.7. The molecular formula is C25H21N3O4. The van der Waals surface area contributed by atoms with E-state index in [-0.39, 0.29) is 17.9 Å². The molecular weight excluding hydrogens is 406 g/mol.